The first-order chi connectivity index (χ1) is 13.4. The third kappa shape index (κ3) is 6.98. The van der Waals surface area contributed by atoms with E-state index in [1.54, 1.807) is 6.92 Å². The number of hydrogen-bond donors (Lipinski definition) is 2. The van der Waals surface area contributed by atoms with E-state index in [2.05, 4.69) is 10.6 Å². The average molecular weight is 389 g/mol. The number of benzene rings is 1. The molecule has 1 aromatic rings. The second-order valence-corrected chi connectivity index (χ2v) is 7.87. The van der Waals surface area contributed by atoms with Crippen LogP contribution in [0.25, 0.3) is 0 Å². The van der Waals surface area contributed by atoms with Gasteiger partial charge in [0.25, 0.3) is 5.91 Å². The molecular formula is C22H32N2O4. The minimum Gasteiger partial charge on any atom is -0.451 e. The highest BCUT2D eigenvalue weighted by Gasteiger charge is 2.29. The summed E-state index contributed by atoms with van der Waals surface area (Å²) in [6.45, 7) is 5.24. The predicted molar refractivity (Wildman–Crippen MR) is 107 cm³/mol. The van der Waals surface area contributed by atoms with Crippen molar-refractivity contribution < 1.29 is 19.1 Å². The second kappa shape index (κ2) is 10.8. The number of carbonyl (C=O) groups excluding carboxylic acids is 3. The van der Waals surface area contributed by atoms with Crippen molar-refractivity contribution in [2.45, 2.75) is 77.5 Å². The van der Waals surface area contributed by atoms with E-state index in [0.29, 0.717) is 0 Å². The van der Waals surface area contributed by atoms with E-state index in [4.69, 9.17) is 4.74 Å². The number of amides is 2. The van der Waals surface area contributed by atoms with Crippen molar-refractivity contribution in [2.24, 2.45) is 5.92 Å². The van der Waals surface area contributed by atoms with Crippen LogP contribution in [0.3, 0.4) is 0 Å². The molecule has 6 heteroatoms. The summed E-state index contributed by atoms with van der Waals surface area (Å²) >= 11 is 0. The minimum absolute atomic E-state index is 0.152. The summed E-state index contributed by atoms with van der Waals surface area (Å²) in [6, 6.07) is 8.71. The lowest BCUT2D eigenvalue weighted by Gasteiger charge is -2.26. The van der Waals surface area contributed by atoms with Crippen LogP contribution in [0.15, 0.2) is 30.3 Å². The Balaban J connectivity index is 1.86. The van der Waals surface area contributed by atoms with Crippen LogP contribution in [0.4, 0.5) is 0 Å². The third-order valence-corrected chi connectivity index (χ3v) is 5.06. The van der Waals surface area contributed by atoms with Crippen molar-refractivity contribution in [3.8, 4) is 0 Å². The van der Waals surface area contributed by atoms with E-state index < -0.39 is 18.1 Å². The molecule has 0 saturated heterocycles. The molecule has 2 N–H and O–H groups in total. The van der Waals surface area contributed by atoms with Gasteiger partial charge < -0.3 is 15.4 Å². The van der Waals surface area contributed by atoms with Crippen molar-refractivity contribution in [3.63, 3.8) is 0 Å². The van der Waals surface area contributed by atoms with Gasteiger partial charge in [0, 0.05) is 6.04 Å². The fourth-order valence-corrected chi connectivity index (χ4v) is 3.37. The molecule has 0 radical (unpaired) electrons. The van der Waals surface area contributed by atoms with Crippen molar-refractivity contribution >= 4 is 17.8 Å². The van der Waals surface area contributed by atoms with Gasteiger partial charge in [-0.25, -0.2) is 4.79 Å². The van der Waals surface area contributed by atoms with Gasteiger partial charge in [-0.1, -0.05) is 63.4 Å². The summed E-state index contributed by atoms with van der Waals surface area (Å²) in [6.07, 6.45) is 4.67. The molecule has 0 heterocycles. The zero-order chi connectivity index (χ0) is 20.5. The summed E-state index contributed by atoms with van der Waals surface area (Å²) in [7, 11) is 0. The Morgan fingerprint density at radius 1 is 1.04 bits per heavy atom. The molecular weight excluding hydrogens is 356 g/mol. The average Bonchev–Trinajstić information content (AvgIpc) is 2.67. The molecule has 0 unspecified atom stereocenters. The standard InChI is InChI=1S/C22H32N2O4/c1-15(2)20(24-19(25)14-17-10-6-4-7-11-17)22(27)28-16(3)21(26)23-18-12-8-5-9-13-18/h4,6-7,10-11,15-16,18,20H,5,8-9,12-14H2,1-3H3,(H,23,26)(H,24,25)/t16-,20+/m1/s1. The molecule has 0 aromatic heterocycles. The van der Waals surface area contributed by atoms with E-state index in [1.807, 2.05) is 44.2 Å². The Labute approximate surface area is 167 Å². The monoisotopic (exact) mass is 388 g/mol. The molecule has 2 rings (SSSR count). The van der Waals surface area contributed by atoms with E-state index in [0.717, 1.165) is 31.2 Å². The summed E-state index contributed by atoms with van der Waals surface area (Å²) in [5, 5.41) is 5.71. The minimum atomic E-state index is -0.887. The molecule has 1 aliphatic rings. The zero-order valence-corrected chi connectivity index (χ0v) is 17.1. The van der Waals surface area contributed by atoms with Crippen molar-refractivity contribution in [3.05, 3.63) is 35.9 Å². The van der Waals surface area contributed by atoms with Crippen LogP contribution >= 0.6 is 0 Å². The quantitative estimate of drug-likeness (QED) is 0.671. The molecule has 2 amide bonds. The first-order valence-electron chi connectivity index (χ1n) is 10.2. The normalized spacial score (nSPS) is 16.9. The van der Waals surface area contributed by atoms with Crippen LogP contribution in [0.5, 0.6) is 0 Å². The van der Waals surface area contributed by atoms with Gasteiger partial charge in [0.05, 0.1) is 6.42 Å². The molecule has 1 saturated carbocycles. The molecule has 6 nitrogen and oxygen atoms in total. The maximum Gasteiger partial charge on any atom is 0.329 e. The number of ether oxygens (including phenoxy) is 1. The van der Waals surface area contributed by atoms with E-state index in [-0.39, 0.29) is 30.2 Å². The summed E-state index contributed by atoms with van der Waals surface area (Å²) in [4.78, 5) is 37.2. The molecule has 154 valence electrons. The van der Waals surface area contributed by atoms with Crippen LogP contribution in [-0.2, 0) is 25.5 Å². The lowest BCUT2D eigenvalue weighted by atomic mass is 9.95. The van der Waals surface area contributed by atoms with Crippen LogP contribution < -0.4 is 10.6 Å². The number of carbonyl (C=O) groups is 3. The van der Waals surface area contributed by atoms with Gasteiger partial charge in [0.15, 0.2) is 6.10 Å². The molecule has 2 atom stereocenters. The van der Waals surface area contributed by atoms with E-state index in [1.165, 1.54) is 6.42 Å². The summed E-state index contributed by atoms with van der Waals surface area (Å²) in [5.41, 5.74) is 0.871. The van der Waals surface area contributed by atoms with Gasteiger partial charge in [-0.3, -0.25) is 9.59 Å². The fraction of sp³-hybridized carbons (Fsp3) is 0.591. The Kier molecular flexibility index (Phi) is 8.48. The van der Waals surface area contributed by atoms with Crippen LogP contribution in [0.1, 0.15) is 58.4 Å². The summed E-state index contributed by atoms with van der Waals surface area (Å²) in [5.74, 6) is -1.26. The lowest BCUT2D eigenvalue weighted by Crippen LogP contribution is -2.49. The van der Waals surface area contributed by atoms with Crippen LogP contribution in [-0.4, -0.2) is 36.0 Å². The molecule has 0 bridgehead atoms. The number of rotatable bonds is 8. The van der Waals surface area contributed by atoms with E-state index >= 15 is 0 Å². The van der Waals surface area contributed by atoms with Crippen molar-refractivity contribution in [2.75, 3.05) is 0 Å². The second-order valence-electron chi connectivity index (χ2n) is 7.87. The smallest absolute Gasteiger partial charge is 0.329 e. The maximum absolute atomic E-state index is 12.6. The molecule has 1 aromatic carbocycles. The number of esters is 1. The number of hydrogen-bond acceptors (Lipinski definition) is 4. The van der Waals surface area contributed by atoms with Crippen molar-refractivity contribution in [1.29, 1.82) is 0 Å². The molecule has 0 spiro atoms. The predicted octanol–water partition coefficient (Wildman–Crippen LogP) is 2.75. The highest BCUT2D eigenvalue weighted by molar-refractivity contribution is 5.88. The molecule has 28 heavy (non-hydrogen) atoms. The molecule has 1 fully saturated rings. The SMILES string of the molecule is CC(C)[C@H](NC(=O)Cc1ccccc1)C(=O)O[C@H](C)C(=O)NC1CCCCC1. The molecule has 1 aliphatic carbocycles. The Hall–Kier alpha value is -2.37. The zero-order valence-electron chi connectivity index (χ0n) is 17.1. The largest absolute Gasteiger partial charge is 0.451 e. The van der Waals surface area contributed by atoms with Crippen LogP contribution in [0.2, 0.25) is 0 Å². The Morgan fingerprint density at radius 2 is 1.68 bits per heavy atom. The van der Waals surface area contributed by atoms with Gasteiger partial charge in [-0.05, 0) is 31.2 Å². The lowest BCUT2D eigenvalue weighted by molar-refractivity contribution is -0.159. The highest BCUT2D eigenvalue weighted by Crippen LogP contribution is 2.17. The first-order valence-corrected chi connectivity index (χ1v) is 10.2. The number of nitrogens with one attached hydrogen (secondary N) is 2. The molecule has 0 aliphatic heterocycles. The van der Waals surface area contributed by atoms with Gasteiger partial charge >= 0.3 is 5.97 Å². The summed E-state index contributed by atoms with van der Waals surface area (Å²) < 4.78 is 5.36. The van der Waals surface area contributed by atoms with Crippen LogP contribution in [0, 0.1) is 5.92 Å². The maximum atomic E-state index is 12.6. The van der Waals surface area contributed by atoms with Crippen molar-refractivity contribution in [1.82, 2.24) is 10.6 Å². The van der Waals surface area contributed by atoms with Gasteiger partial charge in [-0.15, -0.1) is 0 Å². The van der Waals surface area contributed by atoms with E-state index in [9.17, 15) is 14.4 Å². The fourth-order valence-electron chi connectivity index (χ4n) is 3.37. The Morgan fingerprint density at radius 3 is 2.29 bits per heavy atom. The Bertz CT molecular complexity index is 654. The van der Waals surface area contributed by atoms with Gasteiger partial charge in [0.1, 0.15) is 6.04 Å². The van der Waals surface area contributed by atoms with Gasteiger partial charge in [0.2, 0.25) is 5.91 Å². The first kappa shape index (κ1) is 21.9. The third-order valence-electron chi connectivity index (χ3n) is 5.06. The van der Waals surface area contributed by atoms with Gasteiger partial charge in [-0.2, -0.15) is 0 Å². The topological polar surface area (TPSA) is 84.5 Å². The highest BCUT2D eigenvalue weighted by atomic mass is 16.5.